The molecule has 0 saturated heterocycles. The molecule has 0 amide bonds. The quantitative estimate of drug-likeness (QED) is 0.592. The molecule has 0 aromatic carbocycles. The van der Waals surface area contributed by atoms with Crippen LogP contribution in [-0.4, -0.2) is 37.2 Å². The van der Waals surface area contributed by atoms with Crippen LogP contribution < -0.4 is 11.3 Å². The summed E-state index contributed by atoms with van der Waals surface area (Å²) in [4.78, 5) is 2.37. The number of likely N-dealkylation sites (N-methyl/N-ethyl adjacent to an activating group) is 1. The lowest BCUT2D eigenvalue weighted by atomic mass is 9.72. The minimum atomic E-state index is 0.152. The van der Waals surface area contributed by atoms with Crippen molar-refractivity contribution in [1.29, 1.82) is 0 Å². The second kappa shape index (κ2) is 6.04. The van der Waals surface area contributed by atoms with Crippen LogP contribution in [0.1, 0.15) is 44.9 Å². The highest BCUT2D eigenvalue weighted by atomic mass is 16.5. The van der Waals surface area contributed by atoms with Crippen molar-refractivity contribution in [3.63, 3.8) is 0 Å². The lowest BCUT2D eigenvalue weighted by Gasteiger charge is -2.49. The first-order valence-corrected chi connectivity index (χ1v) is 7.15. The maximum atomic E-state index is 5.88. The molecular weight excluding hydrogens is 226 g/mol. The molecule has 1 heterocycles. The summed E-state index contributed by atoms with van der Waals surface area (Å²) in [6, 6.07) is 0.216. The van der Waals surface area contributed by atoms with Crippen molar-refractivity contribution in [1.82, 2.24) is 10.3 Å². The van der Waals surface area contributed by atoms with Gasteiger partial charge in [-0.3, -0.25) is 11.3 Å². The van der Waals surface area contributed by atoms with Crippen LogP contribution in [0.4, 0.5) is 0 Å². The summed E-state index contributed by atoms with van der Waals surface area (Å²) in [5.74, 6) is 5.88. The molecular formula is C14H27N3O. The monoisotopic (exact) mass is 253 g/mol. The van der Waals surface area contributed by atoms with E-state index in [1.54, 1.807) is 0 Å². The maximum absolute atomic E-state index is 5.88. The highest BCUT2D eigenvalue weighted by Gasteiger charge is 2.43. The highest BCUT2D eigenvalue weighted by Crippen LogP contribution is 2.38. The SMILES string of the molecule is CN(C)C1(C(NN)C2=COCCC2)CCCCC1. The van der Waals surface area contributed by atoms with Crippen LogP contribution in [0.2, 0.25) is 0 Å². The Morgan fingerprint density at radius 2 is 2.00 bits per heavy atom. The van der Waals surface area contributed by atoms with E-state index < -0.39 is 0 Å². The van der Waals surface area contributed by atoms with Crippen molar-refractivity contribution in [2.45, 2.75) is 56.5 Å². The van der Waals surface area contributed by atoms with E-state index >= 15 is 0 Å². The molecule has 4 heteroatoms. The Labute approximate surface area is 111 Å². The predicted molar refractivity (Wildman–Crippen MR) is 73.9 cm³/mol. The Balaban J connectivity index is 2.23. The normalized spacial score (nSPS) is 25.4. The first kappa shape index (κ1) is 13.8. The average molecular weight is 253 g/mol. The Morgan fingerprint density at radius 3 is 2.50 bits per heavy atom. The topological polar surface area (TPSA) is 50.5 Å². The number of hydrogen-bond donors (Lipinski definition) is 2. The van der Waals surface area contributed by atoms with Crippen LogP contribution in [0.3, 0.4) is 0 Å². The smallest absolute Gasteiger partial charge is 0.0876 e. The second-order valence-electron chi connectivity index (χ2n) is 5.83. The van der Waals surface area contributed by atoms with Crippen LogP contribution in [-0.2, 0) is 4.74 Å². The third-order valence-electron chi connectivity index (χ3n) is 4.65. The summed E-state index contributed by atoms with van der Waals surface area (Å²) >= 11 is 0. The van der Waals surface area contributed by atoms with Gasteiger partial charge in [-0.15, -0.1) is 0 Å². The van der Waals surface area contributed by atoms with E-state index in [0.29, 0.717) is 0 Å². The second-order valence-corrected chi connectivity index (χ2v) is 5.83. The fraction of sp³-hybridized carbons (Fsp3) is 0.857. The molecule has 1 aliphatic heterocycles. The molecule has 1 unspecified atom stereocenters. The van der Waals surface area contributed by atoms with E-state index in [9.17, 15) is 0 Å². The number of nitrogens with zero attached hydrogens (tertiary/aromatic N) is 1. The summed E-state index contributed by atoms with van der Waals surface area (Å²) in [5, 5.41) is 0. The molecule has 0 bridgehead atoms. The third-order valence-corrected chi connectivity index (χ3v) is 4.65. The Kier molecular flexibility index (Phi) is 4.65. The van der Waals surface area contributed by atoms with Crippen LogP contribution >= 0.6 is 0 Å². The number of nitrogens with two attached hydrogens (primary N) is 1. The van der Waals surface area contributed by atoms with Gasteiger partial charge in [0, 0.05) is 5.54 Å². The lowest BCUT2D eigenvalue weighted by Crippen LogP contribution is -2.62. The molecule has 0 spiro atoms. The summed E-state index contributed by atoms with van der Waals surface area (Å²) in [7, 11) is 4.36. The Hall–Kier alpha value is -0.580. The van der Waals surface area contributed by atoms with Crippen molar-refractivity contribution >= 4 is 0 Å². The van der Waals surface area contributed by atoms with Crippen LogP contribution in [0.5, 0.6) is 0 Å². The molecule has 18 heavy (non-hydrogen) atoms. The van der Waals surface area contributed by atoms with Crippen LogP contribution in [0.25, 0.3) is 0 Å². The lowest BCUT2D eigenvalue weighted by molar-refractivity contribution is 0.0643. The number of nitrogens with one attached hydrogen (secondary N) is 1. The molecule has 1 fully saturated rings. The van der Waals surface area contributed by atoms with Crippen molar-refractivity contribution in [3.8, 4) is 0 Å². The van der Waals surface area contributed by atoms with E-state index in [-0.39, 0.29) is 11.6 Å². The fourth-order valence-corrected chi connectivity index (χ4v) is 3.56. The van der Waals surface area contributed by atoms with E-state index in [1.165, 1.54) is 37.7 Å². The zero-order chi connectivity index (χ0) is 13.0. The molecule has 1 saturated carbocycles. The summed E-state index contributed by atoms with van der Waals surface area (Å²) in [6.45, 7) is 0.843. The standard InChI is InChI=1S/C14H27N3O/c1-17(2)14(8-4-3-5-9-14)13(16-15)12-7-6-10-18-11-12/h11,13,16H,3-10,15H2,1-2H3. The predicted octanol–water partition coefficient (Wildman–Crippen LogP) is 1.78. The van der Waals surface area contributed by atoms with E-state index in [2.05, 4.69) is 24.4 Å². The minimum absolute atomic E-state index is 0.152. The summed E-state index contributed by atoms with van der Waals surface area (Å²) in [6.07, 6.45) is 10.5. The molecule has 2 rings (SSSR count). The van der Waals surface area contributed by atoms with E-state index in [1.807, 2.05) is 6.26 Å². The van der Waals surface area contributed by atoms with E-state index in [0.717, 1.165) is 19.4 Å². The summed E-state index contributed by atoms with van der Waals surface area (Å²) in [5.41, 5.74) is 4.56. The van der Waals surface area contributed by atoms with Gasteiger partial charge in [0.2, 0.25) is 0 Å². The van der Waals surface area contributed by atoms with Crippen molar-refractivity contribution in [2.75, 3.05) is 20.7 Å². The van der Waals surface area contributed by atoms with Gasteiger partial charge in [-0.1, -0.05) is 19.3 Å². The van der Waals surface area contributed by atoms with Crippen molar-refractivity contribution in [2.24, 2.45) is 5.84 Å². The van der Waals surface area contributed by atoms with Gasteiger partial charge < -0.3 is 9.64 Å². The molecule has 3 N–H and O–H groups in total. The van der Waals surface area contributed by atoms with Gasteiger partial charge in [0.05, 0.1) is 18.9 Å². The first-order valence-electron chi connectivity index (χ1n) is 7.15. The minimum Gasteiger partial charge on any atom is -0.501 e. The molecule has 1 aliphatic carbocycles. The number of hydrazine groups is 1. The van der Waals surface area contributed by atoms with Crippen molar-refractivity contribution in [3.05, 3.63) is 11.8 Å². The molecule has 4 nitrogen and oxygen atoms in total. The van der Waals surface area contributed by atoms with Crippen molar-refractivity contribution < 1.29 is 4.74 Å². The Morgan fingerprint density at radius 1 is 1.28 bits per heavy atom. The molecule has 0 aromatic rings. The van der Waals surface area contributed by atoms with E-state index in [4.69, 9.17) is 10.6 Å². The molecule has 1 atom stereocenters. The maximum Gasteiger partial charge on any atom is 0.0876 e. The average Bonchev–Trinajstić information content (AvgIpc) is 2.41. The molecule has 0 radical (unpaired) electrons. The van der Waals surface area contributed by atoms with Gasteiger partial charge in [0.15, 0.2) is 0 Å². The van der Waals surface area contributed by atoms with Crippen LogP contribution in [0.15, 0.2) is 11.8 Å². The zero-order valence-corrected chi connectivity index (χ0v) is 11.7. The van der Waals surface area contributed by atoms with Gasteiger partial charge >= 0.3 is 0 Å². The van der Waals surface area contributed by atoms with Gasteiger partial charge in [-0.2, -0.15) is 0 Å². The summed E-state index contributed by atoms with van der Waals surface area (Å²) < 4.78 is 5.50. The van der Waals surface area contributed by atoms with Gasteiger partial charge in [-0.25, -0.2) is 0 Å². The number of ether oxygens (including phenoxy) is 1. The largest absolute Gasteiger partial charge is 0.501 e. The molecule has 104 valence electrons. The third kappa shape index (κ3) is 2.56. The first-order chi connectivity index (χ1) is 8.70. The highest BCUT2D eigenvalue weighted by molar-refractivity contribution is 5.19. The fourth-order valence-electron chi connectivity index (χ4n) is 3.56. The van der Waals surface area contributed by atoms with Crippen LogP contribution in [0, 0.1) is 0 Å². The number of hydrogen-bond acceptors (Lipinski definition) is 4. The number of rotatable bonds is 4. The Bertz CT molecular complexity index is 295. The van der Waals surface area contributed by atoms with Gasteiger partial charge in [0.25, 0.3) is 0 Å². The molecule has 2 aliphatic rings. The van der Waals surface area contributed by atoms with Gasteiger partial charge in [0.1, 0.15) is 0 Å². The molecule has 0 aromatic heterocycles. The van der Waals surface area contributed by atoms with Gasteiger partial charge in [-0.05, 0) is 45.4 Å². The zero-order valence-electron chi connectivity index (χ0n) is 11.7.